The van der Waals surface area contributed by atoms with Crippen molar-refractivity contribution in [2.75, 3.05) is 26.0 Å². The molecule has 1 aliphatic heterocycles. The van der Waals surface area contributed by atoms with Crippen molar-refractivity contribution in [3.05, 3.63) is 24.3 Å². The van der Waals surface area contributed by atoms with Crippen LogP contribution in [0.25, 0.3) is 0 Å². The minimum Gasteiger partial charge on any atom is -0.486 e. The SMILES string of the molecule is CCn1nnnc1SCC(=O)N(C)C[C@H]1COc2ccccc2O1. The van der Waals surface area contributed by atoms with E-state index in [2.05, 4.69) is 15.5 Å². The van der Waals surface area contributed by atoms with Gasteiger partial charge in [-0.3, -0.25) is 4.79 Å². The Morgan fingerprint density at radius 1 is 1.42 bits per heavy atom. The van der Waals surface area contributed by atoms with E-state index in [0.29, 0.717) is 30.6 Å². The number of amides is 1. The Kier molecular flexibility index (Phi) is 5.19. The zero-order valence-corrected chi connectivity index (χ0v) is 14.4. The van der Waals surface area contributed by atoms with Gasteiger partial charge in [-0.05, 0) is 29.5 Å². The maximum Gasteiger partial charge on any atom is 0.232 e. The number of carbonyl (C=O) groups is 1. The molecule has 1 aromatic heterocycles. The summed E-state index contributed by atoms with van der Waals surface area (Å²) in [4.78, 5) is 13.9. The molecule has 1 atom stereocenters. The number of ether oxygens (including phenoxy) is 2. The Balaban J connectivity index is 1.50. The first-order valence-electron chi connectivity index (χ1n) is 7.68. The molecule has 1 aliphatic rings. The van der Waals surface area contributed by atoms with E-state index in [1.165, 1.54) is 11.8 Å². The zero-order valence-electron chi connectivity index (χ0n) is 13.6. The molecule has 0 aliphatic carbocycles. The van der Waals surface area contributed by atoms with Crippen molar-refractivity contribution in [1.29, 1.82) is 0 Å². The van der Waals surface area contributed by atoms with Crippen LogP contribution in [-0.4, -0.2) is 63.1 Å². The third kappa shape index (κ3) is 3.78. The van der Waals surface area contributed by atoms with Crippen molar-refractivity contribution in [2.24, 2.45) is 0 Å². The quantitative estimate of drug-likeness (QED) is 0.722. The zero-order chi connectivity index (χ0) is 16.9. The summed E-state index contributed by atoms with van der Waals surface area (Å²) in [7, 11) is 1.76. The number of carbonyl (C=O) groups excluding carboxylic acids is 1. The first-order valence-corrected chi connectivity index (χ1v) is 8.67. The molecule has 0 bridgehead atoms. The van der Waals surface area contributed by atoms with Crippen molar-refractivity contribution in [1.82, 2.24) is 25.1 Å². The molecule has 0 fully saturated rings. The van der Waals surface area contributed by atoms with Crippen molar-refractivity contribution < 1.29 is 14.3 Å². The Bertz CT molecular complexity index is 708. The number of nitrogens with zero attached hydrogens (tertiary/aromatic N) is 5. The van der Waals surface area contributed by atoms with Gasteiger partial charge in [0.2, 0.25) is 11.1 Å². The fourth-order valence-electron chi connectivity index (χ4n) is 2.30. The Morgan fingerprint density at radius 3 is 3.00 bits per heavy atom. The molecular formula is C15H19N5O3S. The Morgan fingerprint density at radius 2 is 2.21 bits per heavy atom. The van der Waals surface area contributed by atoms with Crippen LogP contribution in [0.5, 0.6) is 11.5 Å². The standard InChI is InChI=1S/C15H19N5O3S/c1-3-20-15(16-17-18-20)24-10-14(21)19(2)8-11-9-22-12-6-4-5-7-13(12)23-11/h4-7,11H,3,8-10H2,1-2H3/t11-/m0/s1. The van der Waals surface area contributed by atoms with Gasteiger partial charge in [0.1, 0.15) is 6.61 Å². The van der Waals surface area contributed by atoms with Gasteiger partial charge in [0.25, 0.3) is 0 Å². The van der Waals surface area contributed by atoms with Crippen LogP contribution >= 0.6 is 11.8 Å². The molecule has 128 valence electrons. The van der Waals surface area contributed by atoms with Gasteiger partial charge >= 0.3 is 0 Å². The van der Waals surface area contributed by atoms with E-state index in [-0.39, 0.29) is 17.8 Å². The number of likely N-dealkylation sites (N-methyl/N-ethyl adjacent to an activating group) is 1. The summed E-state index contributed by atoms with van der Waals surface area (Å²) < 4.78 is 13.2. The number of fused-ring (bicyclic) bond motifs is 1. The summed E-state index contributed by atoms with van der Waals surface area (Å²) in [5.74, 6) is 1.73. The molecular weight excluding hydrogens is 330 g/mol. The molecule has 9 heteroatoms. The van der Waals surface area contributed by atoms with E-state index in [4.69, 9.17) is 9.47 Å². The second kappa shape index (κ2) is 7.52. The fraction of sp³-hybridized carbons (Fsp3) is 0.467. The van der Waals surface area contributed by atoms with Gasteiger partial charge < -0.3 is 14.4 Å². The van der Waals surface area contributed by atoms with E-state index in [9.17, 15) is 4.79 Å². The molecule has 1 amide bonds. The second-order valence-corrected chi connectivity index (χ2v) is 6.28. The van der Waals surface area contributed by atoms with Crippen LogP contribution in [0, 0.1) is 0 Å². The maximum atomic E-state index is 12.3. The number of hydrogen-bond acceptors (Lipinski definition) is 7. The Labute approximate surface area is 144 Å². The highest BCUT2D eigenvalue weighted by Gasteiger charge is 2.24. The number of thioether (sulfide) groups is 1. The molecule has 3 rings (SSSR count). The van der Waals surface area contributed by atoms with Gasteiger partial charge in [-0.2, -0.15) is 0 Å². The number of hydrogen-bond donors (Lipinski definition) is 0. The van der Waals surface area contributed by atoms with Crippen LogP contribution in [-0.2, 0) is 11.3 Å². The third-order valence-corrected chi connectivity index (χ3v) is 4.54. The molecule has 0 saturated heterocycles. The van der Waals surface area contributed by atoms with Crippen LogP contribution < -0.4 is 9.47 Å². The third-order valence-electron chi connectivity index (χ3n) is 3.59. The second-order valence-electron chi connectivity index (χ2n) is 5.34. The molecule has 0 saturated carbocycles. The predicted molar refractivity (Wildman–Crippen MR) is 88.2 cm³/mol. The number of benzene rings is 1. The highest BCUT2D eigenvalue weighted by atomic mass is 32.2. The van der Waals surface area contributed by atoms with Crippen molar-refractivity contribution in [3.8, 4) is 11.5 Å². The normalized spacial score (nSPS) is 16.0. The maximum absolute atomic E-state index is 12.3. The molecule has 24 heavy (non-hydrogen) atoms. The van der Waals surface area contributed by atoms with E-state index >= 15 is 0 Å². The van der Waals surface area contributed by atoms with Crippen LogP contribution in [0.1, 0.15) is 6.92 Å². The monoisotopic (exact) mass is 349 g/mol. The summed E-state index contributed by atoms with van der Waals surface area (Å²) in [5.41, 5.74) is 0. The summed E-state index contributed by atoms with van der Waals surface area (Å²) in [6, 6.07) is 7.53. The predicted octanol–water partition coefficient (Wildman–Crippen LogP) is 1.08. The topological polar surface area (TPSA) is 82.4 Å². The summed E-state index contributed by atoms with van der Waals surface area (Å²) in [5, 5.41) is 12.0. The van der Waals surface area contributed by atoms with E-state index in [0.717, 1.165) is 5.75 Å². The molecule has 8 nitrogen and oxygen atoms in total. The van der Waals surface area contributed by atoms with Crippen LogP contribution in [0.15, 0.2) is 29.4 Å². The fourth-order valence-corrected chi connectivity index (χ4v) is 3.18. The number of aromatic nitrogens is 4. The summed E-state index contributed by atoms with van der Waals surface area (Å²) in [6.45, 7) is 3.51. The van der Waals surface area contributed by atoms with Gasteiger partial charge in [0, 0.05) is 13.6 Å². The minimum absolute atomic E-state index is 0.00638. The van der Waals surface area contributed by atoms with E-state index in [1.807, 2.05) is 31.2 Å². The van der Waals surface area contributed by atoms with Crippen molar-refractivity contribution in [2.45, 2.75) is 24.7 Å². The van der Waals surface area contributed by atoms with Crippen LogP contribution in [0.2, 0.25) is 0 Å². The smallest absolute Gasteiger partial charge is 0.232 e. The van der Waals surface area contributed by atoms with Gasteiger partial charge in [0.15, 0.2) is 17.6 Å². The number of tetrazole rings is 1. The molecule has 2 aromatic rings. The molecule has 0 unspecified atom stereocenters. The largest absolute Gasteiger partial charge is 0.486 e. The minimum atomic E-state index is -0.181. The highest BCUT2D eigenvalue weighted by molar-refractivity contribution is 7.99. The number of rotatable bonds is 6. The van der Waals surface area contributed by atoms with Gasteiger partial charge in [0.05, 0.1) is 12.3 Å². The van der Waals surface area contributed by atoms with E-state index < -0.39 is 0 Å². The van der Waals surface area contributed by atoms with Crippen molar-refractivity contribution >= 4 is 17.7 Å². The van der Waals surface area contributed by atoms with Gasteiger partial charge in [-0.25, -0.2) is 4.68 Å². The molecule has 0 radical (unpaired) electrons. The lowest BCUT2D eigenvalue weighted by molar-refractivity contribution is -0.128. The highest BCUT2D eigenvalue weighted by Crippen LogP contribution is 2.31. The lowest BCUT2D eigenvalue weighted by Crippen LogP contribution is -2.42. The van der Waals surface area contributed by atoms with Crippen LogP contribution in [0.3, 0.4) is 0 Å². The number of para-hydroxylation sites is 2. The van der Waals surface area contributed by atoms with Crippen LogP contribution in [0.4, 0.5) is 0 Å². The van der Waals surface area contributed by atoms with Gasteiger partial charge in [-0.1, -0.05) is 23.9 Å². The van der Waals surface area contributed by atoms with E-state index in [1.54, 1.807) is 16.6 Å². The molecule has 2 heterocycles. The lowest BCUT2D eigenvalue weighted by Gasteiger charge is -2.29. The summed E-state index contributed by atoms with van der Waals surface area (Å²) in [6.07, 6.45) is -0.181. The Hall–Kier alpha value is -2.29. The first-order chi connectivity index (χ1) is 11.7. The van der Waals surface area contributed by atoms with Gasteiger partial charge in [-0.15, -0.1) is 5.10 Å². The average Bonchev–Trinajstić information content (AvgIpc) is 3.07. The lowest BCUT2D eigenvalue weighted by atomic mass is 10.2. The van der Waals surface area contributed by atoms with Crippen molar-refractivity contribution in [3.63, 3.8) is 0 Å². The molecule has 0 N–H and O–H groups in total. The molecule has 0 spiro atoms. The number of aryl methyl sites for hydroxylation is 1. The first kappa shape index (κ1) is 16.6. The molecule has 1 aromatic carbocycles. The average molecular weight is 349 g/mol. The summed E-state index contributed by atoms with van der Waals surface area (Å²) >= 11 is 1.33.